The van der Waals surface area contributed by atoms with Crippen LogP contribution in [0.15, 0.2) is 42.5 Å². The number of nitrogens with zero attached hydrogens (tertiary/aromatic N) is 4. The van der Waals surface area contributed by atoms with Gasteiger partial charge in [0.15, 0.2) is 0 Å². The standard InChI is InChI=1S/C16H20N4S.C4H4O4/c1-19-13-8-5-9-14(19)11-20(10-13)16-18-17-15(21-16)12-6-3-2-4-7-12;5-3(6)1-2-4(7)8/h2-4,6-7,13-14H,5,8-11H2,1H3;1-2H,(H,5,6)(H,7,8)/b;2-1+. The molecule has 29 heavy (non-hydrogen) atoms. The molecule has 2 fully saturated rings. The van der Waals surface area contributed by atoms with Gasteiger partial charge in [0.2, 0.25) is 5.13 Å². The maximum Gasteiger partial charge on any atom is 0.328 e. The van der Waals surface area contributed by atoms with E-state index < -0.39 is 11.9 Å². The van der Waals surface area contributed by atoms with Crippen molar-refractivity contribution in [1.29, 1.82) is 0 Å². The molecule has 0 spiro atoms. The lowest BCUT2D eigenvalue weighted by Gasteiger charge is -2.48. The molecule has 2 aliphatic rings. The molecule has 0 saturated carbocycles. The average molecular weight is 417 g/mol. The number of carboxylic acid groups (broad SMARTS) is 2. The minimum Gasteiger partial charge on any atom is -0.478 e. The number of fused-ring (bicyclic) bond motifs is 2. The molecule has 4 rings (SSSR count). The molecular formula is C20H24N4O4S. The van der Waals surface area contributed by atoms with Gasteiger partial charge >= 0.3 is 11.9 Å². The number of rotatable bonds is 4. The molecule has 1 aromatic carbocycles. The van der Waals surface area contributed by atoms with Gasteiger partial charge in [0.05, 0.1) is 0 Å². The van der Waals surface area contributed by atoms with Gasteiger partial charge in [0.1, 0.15) is 5.01 Å². The molecule has 2 N–H and O–H groups in total. The third kappa shape index (κ3) is 5.61. The molecular weight excluding hydrogens is 392 g/mol. The number of carboxylic acids is 2. The molecule has 0 amide bonds. The summed E-state index contributed by atoms with van der Waals surface area (Å²) in [5, 5.41) is 26.6. The van der Waals surface area contributed by atoms with E-state index in [1.807, 2.05) is 6.07 Å². The van der Waals surface area contributed by atoms with Crippen molar-refractivity contribution in [3.8, 4) is 10.6 Å². The lowest BCUT2D eigenvalue weighted by Crippen LogP contribution is -2.59. The fourth-order valence-corrected chi connectivity index (χ4v) is 4.53. The molecule has 154 valence electrons. The third-order valence-electron chi connectivity index (χ3n) is 5.16. The van der Waals surface area contributed by atoms with Crippen molar-refractivity contribution < 1.29 is 19.8 Å². The second-order valence-electron chi connectivity index (χ2n) is 7.07. The number of anilines is 1. The van der Waals surface area contributed by atoms with E-state index in [9.17, 15) is 9.59 Å². The Morgan fingerprint density at radius 2 is 1.62 bits per heavy atom. The lowest BCUT2D eigenvalue weighted by atomic mass is 9.92. The van der Waals surface area contributed by atoms with Crippen molar-refractivity contribution in [2.75, 3.05) is 25.0 Å². The zero-order valence-electron chi connectivity index (χ0n) is 16.1. The number of piperazine rings is 1. The second kappa shape index (κ2) is 9.62. The van der Waals surface area contributed by atoms with Crippen LogP contribution < -0.4 is 4.90 Å². The van der Waals surface area contributed by atoms with Gasteiger partial charge < -0.3 is 15.1 Å². The molecule has 2 unspecified atom stereocenters. The number of benzene rings is 1. The summed E-state index contributed by atoms with van der Waals surface area (Å²) in [5.41, 5.74) is 1.16. The summed E-state index contributed by atoms with van der Waals surface area (Å²) in [6.07, 6.45) is 5.12. The van der Waals surface area contributed by atoms with Crippen LogP contribution in [0.2, 0.25) is 0 Å². The smallest absolute Gasteiger partial charge is 0.328 e. The number of hydrogen-bond acceptors (Lipinski definition) is 7. The van der Waals surface area contributed by atoms with Crippen LogP contribution in [0.4, 0.5) is 5.13 Å². The van der Waals surface area contributed by atoms with Crippen LogP contribution in [0.3, 0.4) is 0 Å². The van der Waals surface area contributed by atoms with E-state index in [0.29, 0.717) is 24.2 Å². The summed E-state index contributed by atoms with van der Waals surface area (Å²) in [6.45, 7) is 2.19. The summed E-state index contributed by atoms with van der Waals surface area (Å²) in [6, 6.07) is 11.7. The largest absolute Gasteiger partial charge is 0.478 e. The van der Waals surface area contributed by atoms with Gasteiger partial charge in [-0.05, 0) is 19.9 Å². The van der Waals surface area contributed by atoms with E-state index in [0.717, 1.165) is 28.8 Å². The predicted octanol–water partition coefficient (Wildman–Crippen LogP) is 2.59. The van der Waals surface area contributed by atoms with Crippen molar-refractivity contribution in [1.82, 2.24) is 15.1 Å². The molecule has 2 saturated heterocycles. The zero-order valence-corrected chi connectivity index (χ0v) is 17.0. The Hall–Kier alpha value is -2.78. The first kappa shape index (κ1) is 20.9. The molecule has 2 atom stereocenters. The predicted molar refractivity (Wildman–Crippen MR) is 111 cm³/mol. The van der Waals surface area contributed by atoms with Gasteiger partial charge in [-0.15, -0.1) is 10.2 Å². The van der Waals surface area contributed by atoms with Crippen molar-refractivity contribution in [2.45, 2.75) is 31.3 Å². The molecule has 8 nitrogen and oxygen atoms in total. The van der Waals surface area contributed by atoms with Gasteiger partial charge in [-0.1, -0.05) is 48.1 Å². The monoisotopic (exact) mass is 416 g/mol. The van der Waals surface area contributed by atoms with E-state index in [4.69, 9.17) is 10.2 Å². The van der Waals surface area contributed by atoms with Crippen LogP contribution in [0.1, 0.15) is 19.3 Å². The van der Waals surface area contributed by atoms with Crippen LogP contribution >= 0.6 is 11.3 Å². The van der Waals surface area contributed by atoms with Gasteiger partial charge in [0.25, 0.3) is 0 Å². The number of carbonyl (C=O) groups is 2. The maximum absolute atomic E-state index is 9.55. The summed E-state index contributed by atoms with van der Waals surface area (Å²) in [4.78, 5) is 24.1. The first-order valence-corrected chi connectivity index (χ1v) is 10.3. The Morgan fingerprint density at radius 3 is 2.17 bits per heavy atom. The first-order valence-electron chi connectivity index (χ1n) is 9.43. The van der Waals surface area contributed by atoms with Gasteiger partial charge in [-0.25, -0.2) is 9.59 Å². The normalized spacial score (nSPS) is 21.5. The van der Waals surface area contributed by atoms with E-state index in [1.165, 1.54) is 19.3 Å². The number of piperidine rings is 1. The van der Waals surface area contributed by atoms with Gasteiger partial charge in [-0.3, -0.25) is 4.90 Å². The fourth-order valence-electron chi connectivity index (χ4n) is 3.66. The molecule has 2 bridgehead atoms. The highest BCUT2D eigenvalue weighted by Crippen LogP contribution is 2.33. The Balaban J connectivity index is 0.000000258. The minimum absolute atomic E-state index is 0.558. The van der Waals surface area contributed by atoms with Crippen LogP contribution in [0.5, 0.6) is 0 Å². The Bertz CT molecular complexity index is 840. The lowest BCUT2D eigenvalue weighted by molar-refractivity contribution is -0.134. The van der Waals surface area contributed by atoms with Crippen LogP contribution in [-0.4, -0.2) is 69.5 Å². The van der Waals surface area contributed by atoms with E-state index in [1.54, 1.807) is 11.3 Å². The van der Waals surface area contributed by atoms with Crippen LogP contribution in [0.25, 0.3) is 10.6 Å². The van der Waals surface area contributed by atoms with E-state index >= 15 is 0 Å². The average Bonchev–Trinajstić information content (AvgIpc) is 3.18. The SMILES string of the molecule is CN1C2CCCC1CN(c1nnc(-c3ccccc3)s1)C2.O=C(O)/C=C/C(=O)O. The van der Waals surface area contributed by atoms with Gasteiger partial charge in [0, 0.05) is 42.9 Å². The third-order valence-corrected chi connectivity index (χ3v) is 6.20. The molecule has 1 aromatic heterocycles. The highest BCUT2D eigenvalue weighted by Gasteiger charge is 2.35. The zero-order chi connectivity index (χ0) is 20.8. The highest BCUT2D eigenvalue weighted by atomic mass is 32.1. The van der Waals surface area contributed by atoms with Crippen LogP contribution in [0, 0.1) is 0 Å². The summed E-state index contributed by atoms with van der Waals surface area (Å²) in [5.74, 6) is -2.51. The number of aromatic nitrogens is 2. The molecule has 9 heteroatoms. The summed E-state index contributed by atoms with van der Waals surface area (Å²) in [7, 11) is 2.28. The van der Waals surface area contributed by atoms with E-state index in [2.05, 4.69) is 51.3 Å². The van der Waals surface area contributed by atoms with E-state index in [-0.39, 0.29) is 0 Å². The van der Waals surface area contributed by atoms with Crippen molar-refractivity contribution >= 4 is 28.4 Å². The quantitative estimate of drug-likeness (QED) is 0.733. The molecule has 2 aliphatic heterocycles. The van der Waals surface area contributed by atoms with Crippen molar-refractivity contribution in [3.63, 3.8) is 0 Å². The summed E-state index contributed by atoms with van der Waals surface area (Å²) >= 11 is 1.72. The first-order chi connectivity index (χ1) is 13.9. The Kier molecular flexibility index (Phi) is 6.95. The maximum atomic E-state index is 9.55. The fraction of sp³-hybridized carbons (Fsp3) is 0.400. The highest BCUT2D eigenvalue weighted by molar-refractivity contribution is 7.18. The van der Waals surface area contributed by atoms with Crippen molar-refractivity contribution in [3.05, 3.63) is 42.5 Å². The molecule has 0 aliphatic carbocycles. The molecule has 0 radical (unpaired) electrons. The number of likely N-dealkylation sites (N-methyl/N-ethyl adjacent to an activating group) is 1. The second-order valence-corrected chi connectivity index (χ2v) is 8.03. The molecule has 2 aromatic rings. The number of aliphatic carboxylic acids is 2. The molecule has 3 heterocycles. The number of hydrogen-bond donors (Lipinski definition) is 2. The topological polar surface area (TPSA) is 107 Å². The Morgan fingerprint density at radius 1 is 1.03 bits per heavy atom. The summed E-state index contributed by atoms with van der Waals surface area (Å²) < 4.78 is 0. The minimum atomic E-state index is -1.26. The van der Waals surface area contributed by atoms with Crippen molar-refractivity contribution in [2.24, 2.45) is 0 Å². The Labute approximate surface area is 173 Å². The van der Waals surface area contributed by atoms with Gasteiger partial charge in [-0.2, -0.15) is 0 Å². The van der Waals surface area contributed by atoms with Crippen LogP contribution in [-0.2, 0) is 9.59 Å².